The molecule has 0 N–H and O–H groups in total. The number of fused-ring (bicyclic) bond motifs is 13. The lowest BCUT2D eigenvalue weighted by Crippen LogP contribution is -2.26. The van der Waals surface area contributed by atoms with E-state index in [-0.39, 0.29) is 5.41 Å². The van der Waals surface area contributed by atoms with E-state index in [1.807, 2.05) is 0 Å². The smallest absolute Gasteiger partial charge is 0.0722 e. The zero-order valence-corrected chi connectivity index (χ0v) is 41.4. The van der Waals surface area contributed by atoms with Gasteiger partial charge in [-0.25, -0.2) is 0 Å². The van der Waals surface area contributed by atoms with E-state index in [1.54, 1.807) is 0 Å². The fourth-order valence-corrected chi connectivity index (χ4v) is 13.2. The number of hydrogen-bond donors (Lipinski definition) is 0. The molecule has 0 fully saturated rings. The van der Waals surface area contributed by atoms with Crippen molar-refractivity contribution in [1.29, 1.82) is 0 Å². The maximum atomic E-state index is 2.54. The van der Waals surface area contributed by atoms with Gasteiger partial charge in [-0.05, 0) is 157 Å². The van der Waals surface area contributed by atoms with Gasteiger partial charge in [-0.1, -0.05) is 218 Å². The van der Waals surface area contributed by atoms with E-state index < -0.39 is 0 Å². The molecular weight excluding hydrogens is 905 g/mol. The molecule has 2 nitrogen and oxygen atoms in total. The summed E-state index contributed by atoms with van der Waals surface area (Å²) in [5, 5.41) is 2.47. The first kappa shape index (κ1) is 43.1. The van der Waals surface area contributed by atoms with Crippen molar-refractivity contribution in [3.63, 3.8) is 0 Å². The van der Waals surface area contributed by atoms with E-state index in [2.05, 4.69) is 289 Å². The molecule has 1 heterocycles. The summed E-state index contributed by atoms with van der Waals surface area (Å²) in [6.45, 7) is 0. The van der Waals surface area contributed by atoms with Crippen LogP contribution in [0, 0.1) is 0 Å². The Kier molecular flexibility index (Phi) is 9.96. The topological polar surface area (TPSA) is 8.17 Å². The van der Waals surface area contributed by atoms with Gasteiger partial charge in [0.2, 0.25) is 0 Å². The summed E-state index contributed by atoms with van der Waals surface area (Å²) in [4.78, 5) is 2.51. The van der Waals surface area contributed by atoms with E-state index in [1.165, 1.54) is 99.7 Å². The molecule has 0 saturated heterocycles. The van der Waals surface area contributed by atoms with Crippen LogP contribution in [-0.4, -0.2) is 4.57 Å². The molecule has 3 aliphatic carbocycles. The molecule has 0 saturated carbocycles. The van der Waals surface area contributed by atoms with Crippen LogP contribution in [-0.2, 0) is 5.41 Å². The largest absolute Gasteiger partial charge is 0.310 e. The van der Waals surface area contributed by atoms with Crippen LogP contribution in [0.3, 0.4) is 0 Å². The van der Waals surface area contributed by atoms with Crippen molar-refractivity contribution in [2.24, 2.45) is 0 Å². The number of nitrogens with zero attached hydrogens (tertiary/aromatic N) is 2. The summed E-state index contributed by atoms with van der Waals surface area (Å²) in [6.07, 6.45) is 7.13. The van der Waals surface area contributed by atoms with Gasteiger partial charge in [-0.2, -0.15) is 0 Å². The summed E-state index contributed by atoms with van der Waals surface area (Å²) in [5.74, 6) is 0. The first-order valence-corrected chi connectivity index (χ1v) is 26.3. The predicted octanol–water partition coefficient (Wildman–Crippen LogP) is 19.4. The normalized spacial score (nSPS) is 15.0. The van der Waals surface area contributed by atoms with Gasteiger partial charge in [-0.15, -0.1) is 0 Å². The van der Waals surface area contributed by atoms with Crippen LogP contribution in [0.5, 0.6) is 0 Å². The highest BCUT2D eigenvalue weighted by Gasteiger charge is 2.53. The number of hydrogen-bond acceptors (Lipinski definition) is 1. The summed E-state index contributed by atoms with van der Waals surface area (Å²) >= 11 is 0. The molecule has 0 bridgehead atoms. The lowest BCUT2D eigenvalue weighted by Gasteiger charge is -2.32. The first-order chi connectivity index (χ1) is 37.2. The second kappa shape index (κ2) is 17.3. The Balaban J connectivity index is 0.948. The molecule has 1 unspecified atom stereocenters. The monoisotopic (exact) mass is 954 g/mol. The number of allylic oxidation sites excluding steroid dienone is 4. The molecule has 1 aromatic heterocycles. The van der Waals surface area contributed by atoms with Crippen LogP contribution in [0.1, 0.15) is 35.1 Å². The Bertz CT molecular complexity index is 4300. The SMILES string of the molecule is C1=C2C(=CCC1)C1(c3ccccc32)c2ccccc2-c2cc(N(c3cccc(-c4ccc5c(c4)c4ccccc4n5-c4ccccc4)c3)c3ccccc3-c3ccccc3-c3ccccc3-c3ccccc3)ccc21. The quantitative estimate of drug-likeness (QED) is 0.147. The maximum absolute atomic E-state index is 2.54. The molecule has 12 aromatic rings. The van der Waals surface area contributed by atoms with Gasteiger partial charge >= 0.3 is 0 Å². The third-order valence-electron chi connectivity index (χ3n) is 16.3. The lowest BCUT2D eigenvalue weighted by atomic mass is 9.69. The Hall–Kier alpha value is -9.50. The first-order valence-electron chi connectivity index (χ1n) is 26.3. The number of aromatic nitrogens is 1. The summed E-state index contributed by atoms with van der Waals surface area (Å²) in [7, 11) is 0. The molecule has 2 heteroatoms. The van der Waals surface area contributed by atoms with Gasteiger partial charge in [0.15, 0.2) is 0 Å². The van der Waals surface area contributed by atoms with E-state index in [0.29, 0.717) is 0 Å². The van der Waals surface area contributed by atoms with Crippen molar-refractivity contribution < 1.29 is 0 Å². The standard InChI is InChI=1S/C73H50N2/c1-3-22-49(23-4-1)55-28-7-8-29-56(55)57-30-9-10-31-58(57)62-35-14-19-40-70(62)74(53-27-21-24-50(46-53)51-42-45-72-65(47-51)63-36-15-20-41-71(63)75(72)52-25-5-2-6-26-52)54-43-44-69-64(48-54)61-34-13-18-39-68(61)73(69)66-37-16-11-32-59(66)60-33-12-17-38-67(60)73/h1-11,13-16,18-48H,12,17H2. The zero-order valence-electron chi connectivity index (χ0n) is 41.4. The van der Waals surface area contributed by atoms with Crippen molar-refractivity contribution >= 4 is 44.4 Å². The van der Waals surface area contributed by atoms with Crippen molar-refractivity contribution in [1.82, 2.24) is 4.57 Å². The minimum atomic E-state index is -0.386. The molecule has 11 aromatic carbocycles. The number of anilines is 3. The molecule has 0 aliphatic heterocycles. The van der Waals surface area contributed by atoms with Crippen molar-refractivity contribution in [3.05, 3.63) is 307 Å². The summed E-state index contributed by atoms with van der Waals surface area (Å²) < 4.78 is 2.39. The van der Waals surface area contributed by atoms with Crippen molar-refractivity contribution in [2.45, 2.75) is 18.3 Å². The average molecular weight is 955 g/mol. The minimum Gasteiger partial charge on any atom is -0.310 e. The molecule has 3 aliphatic rings. The molecule has 1 atom stereocenters. The Morgan fingerprint density at radius 3 is 1.67 bits per heavy atom. The second-order valence-corrected chi connectivity index (χ2v) is 20.2. The van der Waals surface area contributed by atoms with Crippen LogP contribution in [0.4, 0.5) is 17.1 Å². The van der Waals surface area contributed by atoms with Crippen LogP contribution < -0.4 is 4.90 Å². The third-order valence-corrected chi connectivity index (χ3v) is 16.3. The van der Waals surface area contributed by atoms with Crippen molar-refractivity contribution in [2.75, 3.05) is 4.90 Å². The van der Waals surface area contributed by atoms with Crippen LogP contribution in [0.15, 0.2) is 285 Å². The predicted molar refractivity (Wildman–Crippen MR) is 314 cm³/mol. The van der Waals surface area contributed by atoms with Crippen LogP contribution >= 0.6 is 0 Å². The zero-order chi connectivity index (χ0) is 49.5. The average Bonchev–Trinajstić information content (AvgIpc) is 4.19. The molecule has 352 valence electrons. The number of para-hydroxylation sites is 3. The van der Waals surface area contributed by atoms with E-state index >= 15 is 0 Å². The second-order valence-electron chi connectivity index (χ2n) is 20.2. The molecule has 0 amide bonds. The van der Waals surface area contributed by atoms with E-state index in [9.17, 15) is 0 Å². The fourth-order valence-electron chi connectivity index (χ4n) is 13.2. The third kappa shape index (κ3) is 6.59. The molecule has 1 spiro atoms. The van der Waals surface area contributed by atoms with Gasteiger partial charge in [0.25, 0.3) is 0 Å². The number of benzene rings is 11. The summed E-state index contributed by atoms with van der Waals surface area (Å²) in [5.41, 5.74) is 26.8. The highest BCUT2D eigenvalue weighted by atomic mass is 15.1. The summed E-state index contributed by atoms with van der Waals surface area (Å²) in [6, 6.07) is 99.0. The van der Waals surface area contributed by atoms with Crippen LogP contribution in [0.2, 0.25) is 0 Å². The Morgan fingerprint density at radius 2 is 0.867 bits per heavy atom. The van der Waals surface area contributed by atoms with Gasteiger partial charge < -0.3 is 9.47 Å². The highest BCUT2D eigenvalue weighted by Crippen LogP contribution is 2.65. The molecule has 0 radical (unpaired) electrons. The molecule has 75 heavy (non-hydrogen) atoms. The molecular formula is C73H50N2. The van der Waals surface area contributed by atoms with Crippen molar-refractivity contribution in [3.8, 4) is 61.3 Å². The Morgan fingerprint density at radius 1 is 0.320 bits per heavy atom. The van der Waals surface area contributed by atoms with Gasteiger partial charge in [0, 0.05) is 33.4 Å². The van der Waals surface area contributed by atoms with E-state index in [0.717, 1.165) is 46.7 Å². The number of rotatable bonds is 8. The lowest BCUT2D eigenvalue weighted by molar-refractivity contribution is 0.782. The highest BCUT2D eigenvalue weighted by molar-refractivity contribution is 6.11. The van der Waals surface area contributed by atoms with Crippen LogP contribution in [0.25, 0.3) is 88.7 Å². The van der Waals surface area contributed by atoms with Gasteiger partial charge in [0.1, 0.15) is 0 Å². The Labute approximate surface area is 438 Å². The van der Waals surface area contributed by atoms with Gasteiger partial charge in [-0.3, -0.25) is 0 Å². The minimum absolute atomic E-state index is 0.386. The molecule has 15 rings (SSSR count). The maximum Gasteiger partial charge on any atom is 0.0722 e. The fraction of sp³-hybridized carbons (Fsp3) is 0.0411. The van der Waals surface area contributed by atoms with Gasteiger partial charge in [0.05, 0.1) is 22.1 Å². The van der Waals surface area contributed by atoms with E-state index in [4.69, 9.17) is 0 Å².